The SMILES string of the molecule is COCCn1c(SCC(=O)Nc2c(C#N)c(C)c(C)n2-c2ccc(OC)cc2)nc2ccccc21. The van der Waals surface area contributed by atoms with Gasteiger partial charge in [0.2, 0.25) is 5.91 Å². The Labute approximate surface area is 208 Å². The van der Waals surface area contributed by atoms with Gasteiger partial charge >= 0.3 is 0 Å². The molecule has 35 heavy (non-hydrogen) atoms. The Hall–Kier alpha value is -3.74. The second-order valence-corrected chi connectivity index (χ2v) is 8.89. The predicted octanol–water partition coefficient (Wildman–Crippen LogP) is 4.70. The summed E-state index contributed by atoms with van der Waals surface area (Å²) in [7, 11) is 3.27. The first kappa shape index (κ1) is 24.4. The topological polar surface area (TPSA) is 94.1 Å². The van der Waals surface area contributed by atoms with Gasteiger partial charge in [0.1, 0.15) is 17.6 Å². The smallest absolute Gasteiger partial charge is 0.236 e. The zero-order chi connectivity index (χ0) is 24.9. The lowest BCUT2D eigenvalue weighted by Crippen LogP contribution is -2.18. The number of anilines is 1. The molecule has 2 aromatic heterocycles. The number of hydrogen-bond acceptors (Lipinski definition) is 6. The fraction of sp³-hybridized carbons (Fsp3) is 0.269. The molecule has 8 nitrogen and oxygen atoms in total. The van der Waals surface area contributed by atoms with Crippen molar-refractivity contribution in [1.29, 1.82) is 5.26 Å². The fourth-order valence-electron chi connectivity index (χ4n) is 3.98. The second kappa shape index (κ2) is 10.7. The Kier molecular flexibility index (Phi) is 7.44. The van der Waals surface area contributed by atoms with Gasteiger partial charge in [0.05, 0.1) is 36.1 Å². The molecule has 2 heterocycles. The summed E-state index contributed by atoms with van der Waals surface area (Å²) >= 11 is 1.36. The van der Waals surface area contributed by atoms with Crippen LogP contribution in [0.5, 0.6) is 5.75 Å². The van der Waals surface area contributed by atoms with Gasteiger partial charge in [-0.2, -0.15) is 5.26 Å². The van der Waals surface area contributed by atoms with Gasteiger partial charge in [0.15, 0.2) is 5.16 Å². The molecule has 0 aliphatic rings. The van der Waals surface area contributed by atoms with Crippen molar-refractivity contribution < 1.29 is 14.3 Å². The lowest BCUT2D eigenvalue weighted by molar-refractivity contribution is -0.113. The number of carbonyl (C=O) groups excluding carboxylic acids is 1. The van der Waals surface area contributed by atoms with E-state index in [2.05, 4.69) is 16.0 Å². The van der Waals surface area contributed by atoms with Gasteiger partial charge in [0, 0.05) is 25.0 Å². The van der Waals surface area contributed by atoms with Gasteiger partial charge in [0.25, 0.3) is 0 Å². The summed E-state index contributed by atoms with van der Waals surface area (Å²) in [5.41, 5.74) is 4.86. The Morgan fingerprint density at radius 3 is 2.57 bits per heavy atom. The minimum absolute atomic E-state index is 0.146. The van der Waals surface area contributed by atoms with Crippen molar-refractivity contribution >= 4 is 34.5 Å². The molecule has 1 N–H and O–H groups in total. The monoisotopic (exact) mass is 489 g/mol. The molecule has 4 rings (SSSR count). The first-order chi connectivity index (χ1) is 17.0. The highest BCUT2D eigenvalue weighted by molar-refractivity contribution is 7.99. The standard InChI is InChI=1S/C26H27N5O3S/c1-17-18(2)31(19-9-11-20(34-4)12-10-19)25(21(17)15-27)29-24(32)16-35-26-28-22-7-5-6-8-23(22)30(26)13-14-33-3/h5-12H,13-14,16H2,1-4H3,(H,29,32). The van der Waals surface area contributed by atoms with Gasteiger partial charge in [-0.25, -0.2) is 4.98 Å². The van der Waals surface area contributed by atoms with Crippen molar-refractivity contribution in [3.8, 4) is 17.5 Å². The highest BCUT2D eigenvalue weighted by atomic mass is 32.2. The summed E-state index contributed by atoms with van der Waals surface area (Å²) in [6, 6.07) is 17.6. The van der Waals surface area contributed by atoms with Crippen molar-refractivity contribution in [1.82, 2.24) is 14.1 Å². The van der Waals surface area contributed by atoms with E-state index in [4.69, 9.17) is 14.5 Å². The maximum Gasteiger partial charge on any atom is 0.236 e. The zero-order valence-corrected chi connectivity index (χ0v) is 21.0. The molecule has 180 valence electrons. The van der Waals surface area contributed by atoms with Crippen LogP contribution >= 0.6 is 11.8 Å². The number of rotatable bonds is 9. The first-order valence-corrected chi connectivity index (χ1v) is 12.1. The van der Waals surface area contributed by atoms with Crippen LogP contribution < -0.4 is 10.1 Å². The van der Waals surface area contributed by atoms with Gasteiger partial charge in [-0.3, -0.25) is 9.36 Å². The number of amides is 1. The van der Waals surface area contributed by atoms with E-state index in [1.807, 2.05) is 66.9 Å². The predicted molar refractivity (Wildman–Crippen MR) is 137 cm³/mol. The Morgan fingerprint density at radius 2 is 1.89 bits per heavy atom. The van der Waals surface area contributed by atoms with E-state index in [1.54, 1.807) is 14.2 Å². The average molecular weight is 490 g/mol. The van der Waals surface area contributed by atoms with Crippen molar-refractivity contribution in [2.75, 3.05) is 31.9 Å². The maximum atomic E-state index is 13.1. The van der Waals surface area contributed by atoms with Crippen molar-refractivity contribution in [3.63, 3.8) is 0 Å². The summed E-state index contributed by atoms with van der Waals surface area (Å²) in [5, 5.41) is 13.5. The summed E-state index contributed by atoms with van der Waals surface area (Å²) < 4.78 is 14.5. The molecular formula is C26H27N5O3S. The molecule has 0 spiro atoms. The number of nitrogens with one attached hydrogen (secondary N) is 1. The highest BCUT2D eigenvalue weighted by Gasteiger charge is 2.21. The molecule has 0 bridgehead atoms. The quantitative estimate of drug-likeness (QED) is 0.343. The van der Waals surface area contributed by atoms with Gasteiger partial charge < -0.3 is 19.4 Å². The molecule has 0 aliphatic carbocycles. The van der Waals surface area contributed by atoms with E-state index in [0.29, 0.717) is 24.5 Å². The minimum Gasteiger partial charge on any atom is -0.497 e. The van der Waals surface area contributed by atoms with Crippen LogP contribution in [0.25, 0.3) is 16.7 Å². The summed E-state index contributed by atoms with van der Waals surface area (Å²) in [6.45, 7) is 5.00. The number of benzene rings is 2. The number of fused-ring (bicyclic) bond motifs is 1. The molecule has 0 radical (unpaired) electrons. The normalized spacial score (nSPS) is 10.9. The number of ether oxygens (including phenoxy) is 2. The van der Waals surface area contributed by atoms with Crippen LogP contribution in [-0.2, 0) is 16.1 Å². The average Bonchev–Trinajstić information content (AvgIpc) is 3.35. The van der Waals surface area contributed by atoms with Gasteiger partial charge in [-0.1, -0.05) is 23.9 Å². The fourth-order valence-corrected chi connectivity index (χ4v) is 4.82. The lowest BCUT2D eigenvalue weighted by Gasteiger charge is -2.14. The van der Waals surface area contributed by atoms with Crippen molar-refractivity contribution in [3.05, 3.63) is 65.4 Å². The lowest BCUT2D eigenvalue weighted by atomic mass is 10.2. The third kappa shape index (κ3) is 4.90. The molecule has 9 heteroatoms. The summed E-state index contributed by atoms with van der Waals surface area (Å²) in [4.78, 5) is 17.8. The molecule has 0 atom stereocenters. The molecule has 0 aliphatic heterocycles. The minimum atomic E-state index is -0.218. The molecule has 0 fully saturated rings. The van der Waals surface area contributed by atoms with E-state index in [-0.39, 0.29) is 11.7 Å². The summed E-state index contributed by atoms with van der Waals surface area (Å²) in [5.74, 6) is 1.12. The maximum absolute atomic E-state index is 13.1. The number of nitriles is 1. The molecule has 0 saturated heterocycles. The van der Waals surface area contributed by atoms with Crippen LogP contribution in [-0.4, -0.2) is 46.6 Å². The number of hydrogen-bond donors (Lipinski definition) is 1. The van der Waals surface area contributed by atoms with Crippen LogP contribution in [0, 0.1) is 25.2 Å². The Balaban J connectivity index is 1.59. The van der Waals surface area contributed by atoms with E-state index in [1.165, 1.54) is 11.8 Å². The Bertz CT molecular complexity index is 1400. The van der Waals surface area contributed by atoms with E-state index in [9.17, 15) is 10.1 Å². The number of thioether (sulfide) groups is 1. The third-order valence-electron chi connectivity index (χ3n) is 5.88. The van der Waals surface area contributed by atoms with Crippen LogP contribution in [0.4, 0.5) is 5.82 Å². The first-order valence-electron chi connectivity index (χ1n) is 11.1. The molecule has 0 saturated carbocycles. The van der Waals surface area contributed by atoms with E-state index >= 15 is 0 Å². The Morgan fingerprint density at radius 1 is 1.14 bits per heavy atom. The number of imidazole rings is 1. The van der Waals surface area contributed by atoms with Crippen LogP contribution in [0.15, 0.2) is 53.7 Å². The highest BCUT2D eigenvalue weighted by Crippen LogP contribution is 2.31. The van der Waals surface area contributed by atoms with E-state index < -0.39 is 0 Å². The second-order valence-electron chi connectivity index (χ2n) is 7.94. The van der Waals surface area contributed by atoms with Crippen LogP contribution in [0.1, 0.15) is 16.8 Å². The largest absolute Gasteiger partial charge is 0.497 e. The molecule has 4 aromatic rings. The van der Waals surface area contributed by atoms with Gasteiger partial charge in [-0.15, -0.1) is 0 Å². The number of nitrogens with zero attached hydrogens (tertiary/aromatic N) is 4. The van der Waals surface area contributed by atoms with Crippen LogP contribution in [0.3, 0.4) is 0 Å². The summed E-state index contributed by atoms with van der Waals surface area (Å²) in [6.07, 6.45) is 0. The van der Waals surface area contributed by atoms with Crippen LogP contribution in [0.2, 0.25) is 0 Å². The molecule has 1 amide bonds. The number of para-hydroxylation sites is 2. The zero-order valence-electron chi connectivity index (χ0n) is 20.2. The number of aromatic nitrogens is 3. The third-order valence-corrected chi connectivity index (χ3v) is 6.86. The molecule has 0 unspecified atom stereocenters. The number of carbonyl (C=O) groups is 1. The van der Waals surface area contributed by atoms with E-state index in [0.717, 1.165) is 38.9 Å². The molecular weight excluding hydrogens is 462 g/mol. The van der Waals surface area contributed by atoms with Gasteiger partial charge in [-0.05, 0) is 55.8 Å². The van der Waals surface area contributed by atoms with Crippen molar-refractivity contribution in [2.45, 2.75) is 25.5 Å². The number of methoxy groups -OCH3 is 2. The van der Waals surface area contributed by atoms with Crippen molar-refractivity contribution in [2.24, 2.45) is 0 Å². The molecule has 2 aromatic carbocycles.